The van der Waals surface area contributed by atoms with E-state index in [1.54, 1.807) is 68.6 Å². The Balaban J connectivity index is 2.12. The molecule has 0 spiro atoms. The number of nitrogens with one attached hydrogen (secondary N) is 1. The average molecular weight is 628 g/mol. The summed E-state index contributed by atoms with van der Waals surface area (Å²) < 4.78 is 40.6. The molecule has 0 aromatic heterocycles. The summed E-state index contributed by atoms with van der Waals surface area (Å²) in [4.78, 5) is 30.0. The number of methoxy groups -OCH3 is 1. The zero-order valence-electron chi connectivity index (χ0n) is 25.6. The smallest absolute Gasteiger partial charge is 0.264 e. The number of ether oxygens (including phenoxy) is 2. The van der Waals surface area contributed by atoms with E-state index in [-0.39, 0.29) is 29.1 Å². The van der Waals surface area contributed by atoms with Crippen molar-refractivity contribution in [1.29, 1.82) is 0 Å². The molecule has 0 aliphatic heterocycles. The lowest BCUT2D eigenvalue weighted by Crippen LogP contribution is -2.53. The summed E-state index contributed by atoms with van der Waals surface area (Å²) in [5.41, 5.74) is 0.966. The number of benzene rings is 3. The largest absolute Gasteiger partial charge is 0.497 e. The van der Waals surface area contributed by atoms with E-state index in [9.17, 15) is 18.0 Å². The zero-order valence-corrected chi connectivity index (χ0v) is 27.2. The van der Waals surface area contributed by atoms with Crippen molar-refractivity contribution < 1.29 is 27.5 Å². The Morgan fingerprint density at radius 2 is 1.67 bits per heavy atom. The SMILES string of the molecule is CCOc1ccccc1N(CC(=O)N(Cc1cccc(OC)c1)[C@H](CC)C(=O)NC(C)C)S(=O)(=O)c1ccc(SC)cc1. The van der Waals surface area contributed by atoms with Crippen LogP contribution in [0.2, 0.25) is 0 Å². The molecule has 0 aliphatic rings. The Hall–Kier alpha value is -3.70. The molecule has 1 atom stereocenters. The highest BCUT2D eigenvalue weighted by Crippen LogP contribution is 2.33. The second kappa shape index (κ2) is 15.7. The summed E-state index contributed by atoms with van der Waals surface area (Å²) in [7, 11) is -2.67. The van der Waals surface area contributed by atoms with Crippen LogP contribution in [0.3, 0.4) is 0 Å². The van der Waals surface area contributed by atoms with Crippen molar-refractivity contribution in [3.63, 3.8) is 0 Å². The van der Waals surface area contributed by atoms with Gasteiger partial charge in [0.15, 0.2) is 0 Å². The number of hydrogen-bond acceptors (Lipinski definition) is 7. The molecule has 1 N–H and O–H groups in total. The quantitative estimate of drug-likeness (QED) is 0.227. The van der Waals surface area contributed by atoms with Crippen molar-refractivity contribution in [2.24, 2.45) is 0 Å². The summed E-state index contributed by atoms with van der Waals surface area (Å²) >= 11 is 1.50. The summed E-state index contributed by atoms with van der Waals surface area (Å²) in [6.45, 7) is 7.14. The van der Waals surface area contributed by atoms with Gasteiger partial charge in [-0.05, 0) is 87.5 Å². The van der Waals surface area contributed by atoms with E-state index in [0.717, 1.165) is 14.8 Å². The summed E-state index contributed by atoms with van der Waals surface area (Å²) in [5.74, 6) is 0.0777. The summed E-state index contributed by atoms with van der Waals surface area (Å²) in [6.07, 6.45) is 2.23. The van der Waals surface area contributed by atoms with E-state index in [2.05, 4.69) is 5.32 Å². The van der Waals surface area contributed by atoms with Crippen LogP contribution in [-0.4, -0.2) is 63.7 Å². The molecular formula is C32H41N3O6S2. The lowest BCUT2D eigenvalue weighted by molar-refractivity contribution is -0.140. The maximum atomic E-state index is 14.3. The molecule has 0 fully saturated rings. The van der Waals surface area contributed by atoms with Crippen LogP contribution in [0, 0.1) is 0 Å². The standard InChI is InChI=1S/C32H41N3O6S2/c1-7-28(32(37)33-23(3)4)34(21-24-12-11-13-25(20-24)40-5)31(36)22-35(29-14-9-10-15-30(29)41-8-2)43(38,39)27-18-16-26(42-6)17-19-27/h9-20,23,28H,7-8,21-22H2,1-6H3,(H,33,37)/t28-/m1/s1. The van der Waals surface area contributed by atoms with Gasteiger partial charge in [-0.25, -0.2) is 8.42 Å². The minimum Gasteiger partial charge on any atom is -0.497 e. The molecule has 3 rings (SSSR count). The van der Waals surface area contributed by atoms with Gasteiger partial charge in [-0.1, -0.05) is 31.2 Å². The molecule has 0 aliphatic carbocycles. The van der Waals surface area contributed by atoms with E-state index < -0.39 is 28.5 Å². The van der Waals surface area contributed by atoms with Gasteiger partial charge in [0.1, 0.15) is 24.1 Å². The molecule has 9 nitrogen and oxygen atoms in total. The normalized spacial score (nSPS) is 12.0. The molecule has 2 amide bonds. The molecule has 11 heteroatoms. The Kier molecular flexibility index (Phi) is 12.3. The number of sulfonamides is 1. The lowest BCUT2D eigenvalue weighted by atomic mass is 10.1. The van der Waals surface area contributed by atoms with E-state index in [4.69, 9.17) is 9.47 Å². The third-order valence-corrected chi connectivity index (χ3v) is 9.18. The van der Waals surface area contributed by atoms with Gasteiger partial charge in [0.2, 0.25) is 11.8 Å². The predicted molar refractivity (Wildman–Crippen MR) is 171 cm³/mol. The highest BCUT2D eigenvalue weighted by atomic mass is 32.2. The Labute approximate surface area is 259 Å². The van der Waals surface area contributed by atoms with Gasteiger partial charge in [0.25, 0.3) is 10.0 Å². The van der Waals surface area contributed by atoms with Crippen molar-refractivity contribution in [2.75, 3.05) is 30.8 Å². The molecule has 3 aromatic rings. The van der Waals surface area contributed by atoms with Crippen molar-refractivity contribution in [3.05, 3.63) is 78.4 Å². The molecule has 0 saturated heterocycles. The maximum Gasteiger partial charge on any atom is 0.264 e. The van der Waals surface area contributed by atoms with Crippen LogP contribution < -0.4 is 19.1 Å². The lowest BCUT2D eigenvalue weighted by Gasteiger charge is -2.34. The van der Waals surface area contributed by atoms with E-state index >= 15 is 0 Å². The van der Waals surface area contributed by atoms with Crippen LogP contribution in [0.25, 0.3) is 0 Å². The summed E-state index contributed by atoms with van der Waals surface area (Å²) in [5, 5.41) is 2.90. The van der Waals surface area contributed by atoms with Crippen LogP contribution >= 0.6 is 11.8 Å². The van der Waals surface area contributed by atoms with Crippen LogP contribution in [-0.2, 0) is 26.2 Å². The molecule has 0 radical (unpaired) electrons. The number of hydrogen-bond donors (Lipinski definition) is 1. The van der Waals surface area contributed by atoms with E-state index in [1.165, 1.54) is 28.8 Å². The molecule has 0 bridgehead atoms. The Bertz CT molecular complexity index is 1480. The van der Waals surface area contributed by atoms with Crippen LogP contribution in [0.15, 0.2) is 82.6 Å². The van der Waals surface area contributed by atoms with Gasteiger partial charge < -0.3 is 19.7 Å². The van der Waals surface area contributed by atoms with Crippen molar-refractivity contribution in [3.8, 4) is 11.5 Å². The van der Waals surface area contributed by atoms with Gasteiger partial charge in [0.05, 0.1) is 24.3 Å². The molecule has 0 heterocycles. The number of carbonyl (C=O) groups excluding carboxylic acids is 2. The Morgan fingerprint density at radius 3 is 2.28 bits per heavy atom. The highest BCUT2D eigenvalue weighted by molar-refractivity contribution is 7.98. The highest BCUT2D eigenvalue weighted by Gasteiger charge is 2.35. The van der Waals surface area contributed by atoms with Gasteiger partial charge in [-0.2, -0.15) is 0 Å². The predicted octanol–water partition coefficient (Wildman–Crippen LogP) is 5.34. The minimum atomic E-state index is -4.23. The third kappa shape index (κ3) is 8.67. The number of amides is 2. The van der Waals surface area contributed by atoms with Crippen molar-refractivity contribution in [1.82, 2.24) is 10.2 Å². The average Bonchev–Trinajstić information content (AvgIpc) is 3.00. The molecule has 0 saturated carbocycles. The number of nitrogens with zero attached hydrogens (tertiary/aromatic N) is 2. The van der Waals surface area contributed by atoms with Gasteiger partial charge in [0, 0.05) is 17.5 Å². The molecule has 3 aromatic carbocycles. The third-order valence-electron chi connectivity index (χ3n) is 6.66. The molecule has 0 unspecified atom stereocenters. The fourth-order valence-electron chi connectivity index (χ4n) is 4.60. The molecule has 232 valence electrons. The minimum absolute atomic E-state index is 0.0355. The fourth-order valence-corrected chi connectivity index (χ4v) is 6.43. The second-order valence-corrected chi connectivity index (χ2v) is 12.8. The molecule has 43 heavy (non-hydrogen) atoms. The van der Waals surface area contributed by atoms with Gasteiger partial charge in [-0.3, -0.25) is 13.9 Å². The van der Waals surface area contributed by atoms with E-state index in [1.807, 2.05) is 33.1 Å². The first kappa shape index (κ1) is 33.8. The first-order valence-electron chi connectivity index (χ1n) is 14.2. The maximum absolute atomic E-state index is 14.3. The molecular weight excluding hydrogens is 587 g/mol. The number of anilines is 1. The van der Waals surface area contributed by atoms with Crippen LogP contribution in [0.5, 0.6) is 11.5 Å². The van der Waals surface area contributed by atoms with Crippen molar-refractivity contribution in [2.45, 2.75) is 62.5 Å². The second-order valence-electron chi connectivity index (χ2n) is 10.0. The first-order chi connectivity index (χ1) is 20.5. The van der Waals surface area contributed by atoms with E-state index in [0.29, 0.717) is 24.5 Å². The topological polar surface area (TPSA) is 105 Å². The number of carbonyl (C=O) groups is 2. The Morgan fingerprint density at radius 1 is 0.977 bits per heavy atom. The van der Waals surface area contributed by atoms with Crippen LogP contribution in [0.1, 0.15) is 39.7 Å². The fraction of sp³-hybridized carbons (Fsp3) is 0.375. The summed E-state index contributed by atoms with van der Waals surface area (Å²) in [6, 6.07) is 19.5. The first-order valence-corrected chi connectivity index (χ1v) is 16.8. The van der Waals surface area contributed by atoms with Crippen LogP contribution in [0.4, 0.5) is 5.69 Å². The number of para-hydroxylation sites is 2. The van der Waals surface area contributed by atoms with Crippen molar-refractivity contribution >= 4 is 39.3 Å². The zero-order chi connectivity index (χ0) is 31.6. The van der Waals surface area contributed by atoms with Gasteiger partial charge in [-0.15, -0.1) is 11.8 Å². The number of thioether (sulfide) groups is 1. The monoisotopic (exact) mass is 627 g/mol. The van der Waals surface area contributed by atoms with Gasteiger partial charge >= 0.3 is 0 Å². The number of rotatable bonds is 15.